The minimum atomic E-state index is 0.0242. The Morgan fingerprint density at radius 3 is 1.89 bits per heavy atom. The van der Waals surface area contributed by atoms with E-state index in [1.165, 1.54) is 81.0 Å². The van der Waals surface area contributed by atoms with Crippen LogP contribution in [0.25, 0.3) is 76.6 Å². The molecule has 3 aromatic heterocycles. The van der Waals surface area contributed by atoms with Gasteiger partial charge in [0.05, 0.1) is 26.9 Å². The van der Waals surface area contributed by atoms with Crippen LogP contribution in [0.3, 0.4) is 0 Å². The summed E-state index contributed by atoms with van der Waals surface area (Å²) in [6.45, 7) is 0. The third kappa shape index (κ3) is 3.57. The quantitative estimate of drug-likeness (QED) is 0.216. The molecule has 0 spiro atoms. The second-order valence-electron chi connectivity index (χ2n) is 11.8. The summed E-state index contributed by atoms with van der Waals surface area (Å²) in [5.74, 6) is 0. The molecule has 0 radical (unpaired) electrons. The van der Waals surface area contributed by atoms with Crippen molar-refractivity contribution in [1.82, 2.24) is 14.5 Å². The van der Waals surface area contributed by atoms with Gasteiger partial charge in [0.1, 0.15) is 6.17 Å². The van der Waals surface area contributed by atoms with Gasteiger partial charge in [-0.15, -0.1) is 11.3 Å². The zero-order chi connectivity index (χ0) is 29.5. The fourth-order valence-electron chi connectivity index (χ4n) is 7.42. The van der Waals surface area contributed by atoms with Gasteiger partial charge in [0.25, 0.3) is 0 Å². The molecule has 3 nitrogen and oxygen atoms in total. The molecule has 4 heterocycles. The predicted octanol–water partition coefficient (Wildman–Crippen LogP) is 10.9. The highest BCUT2D eigenvalue weighted by molar-refractivity contribution is 7.19. The van der Waals surface area contributed by atoms with Crippen molar-refractivity contribution in [2.45, 2.75) is 6.17 Å². The highest BCUT2D eigenvalue weighted by Crippen LogP contribution is 2.43. The number of hydrogen-bond acceptors (Lipinski definition) is 2. The van der Waals surface area contributed by atoms with Crippen molar-refractivity contribution in [3.63, 3.8) is 0 Å². The lowest BCUT2D eigenvalue weighted by Gasteiger charge is -2.24. The molecule has 0 saturated carbocycles. The van der Waals surface area contributed by atoms with Gasteiger partial charge < -0.3 is 14.5 Å². The number of hydrogen-bond donors (Lipinski definition) is 1. The van der Waals surface area contributed by atoms with E-state index in [4.69, 9.17) is 0 Å². The van der Waals surface area contributed by atoms with E-state index in [-0.39, 0.29) is 6.17 Å². The van der Waals surface area contributed by atoms with Crippen LogP contribution in [-0.4, -0.2) is 9.13 Å². The van der Waals surface area contributed by atoms with E-state index in [2.05, 4.69) is 166 Å². The van der Waals surface area contributed by atoms with E-state index in [9.17, 15) is 0 Å². The summed E-state index contributed by atoms with van der Waals surface area (Å²) in [6.07, 6.45) is 4.36. The highest BCUT2D eigenvalue weighted by Gasteiger charge is 2.26. The van der Waals surface area contributed by atoms with E-state index in [1.807, 2.05) is 11.3 Å². The molecule has 0 amide bonds. The molecule has 1 aliphatic rings. The van der Waals surface area contributed by atoms with Gasteiger partial charge in [0.15, 0.2) is 0 Å². The molecule has 0 fully saturated rings. The Kier molecular flexibility index (Phi) is 5.22. The van der Waals surface area contributed by atoms with Gasteiger partial charge in [-0.3, -0.25) is 0 Å². The average Bonchev–Trinajstić information content (AvgIpc) is 3.76. The van der Waals surface area contributed by atoms with Crippen LogP contribution in [0.15, 0.2) is 146 Å². The van der Waals surface area contributed by atoms with Crippen LogP contribution < -0.4 is 5.32 Å². The Morgan fingerprint density at radius 2 is 1.09 bits per heavy atom. The maximum atomic E-state index is 3.71. The number of nitrogens with one attached hydrogen (secondary N) is 1. The van der Waals surface area contributed by atoms with Crippen LogP contribution in [0.4, 0.5) is 0 Å². The summed E-state index contributed by atoms with van der Waals surface area (Å²) in [4.78, 5) is 1.35. The fourth-order valence-corrected chi connectivity index (χ4v) is 8.66. The van der Waals surface area contributed by atoms with E-state index in [0.29, 0.717) is 0 Å². The molecular weight excluding hydrogens is 567 g/mol. The second-order valence-corrected chi connectivity index (χ2v) is 12.9. The Balaban J connectivity index is 1.17. The van der Waals surface area contributed by atoms with Crippen molar-refractivity contribution in [3.8, 4) is 16.8 Å². The van der Waals surface area contributed by atoms with Crippen molar-refractivity contribution in [1.29, 1.82) is 0 Å². The smallest absolute Gasteiger partial charge is 0.140 e. The average molecular weight is 594 g/mol. The van der Waals surface area contributed by atoms with Gasteiger partial charge in [-0.05, 0) is 78.0 Å². The molecule has 6 aromatic carbocycles. The lowest BCUT2D eigenvalue weighted by Crippen LogP contribution is -2.25. The van der Waals surface area contributed by atoms with Crippen molar-refractivity contribution >= 4 is 71.1 Å². The first-order valence-electron chi connectivity index (χ1n) is 15.4. The number of thiophene rings is 1. The lowest BCUT2D eigenvalue weighted by atomic mass is 10.0. The van der Waals surface area contributed by atoms with E-state index in [1.54, 1.807) is 0 Å². The number of fused-ring (bicyclic) bond motifs is 9. The molecule has 4 heteroatoms. The third-order valence-electron chi connectivity index (χ3n) is 9.40. The van der Waals surface area contributed by atoms with Gasteiger partial charge in [-0.25, -0.2) is 0 Å². The van der Waals surface area contributed by atoms with Crippen molar-refractivity contribution in [2.24, 2.45) is 0 Å². The maximum absolute atomic E-state index is 3.71. The first-order chi connectivity index (χ1) is 22.3. The molecule has 0 aliphatic carbocycles. The number of benzene rings is 6. The standard InChI is InChI=1S/C41H27N3S/c1-2-10-28(11-3-1)43-35-15-7-4-12-29(35)33-24-26(18-20-37(33)43)27-19-21-38-34(25-27)30-13-5-8-16-36(30)44(38)41-40-32(22-23-42-41)31-14-6-9-17-39(31)45-40/h1-25,41-42H. The number of nitrogens with zero attached hydrogens (tertiary/aromatic N) is 2. The molecule has 1 aliphatic heterocycles. The normalized spacial score (nSPS) is 14.5. The highest BCUT2D eigenvalue weighted by atomic mass is 32.1. The first kappa shape index (κ1) is 24.8. The van der Waals surface area contributed by atoms with E-state index < -0.39 is 0 Å². The largest absolute Gasteiger partial charge is 0.367 e. The minimum absolute atomic E-state index is 0.0242. The van der Waals surface area contributed by atoms with Crippen molar-refractivity contribution in [3.05, 3.63) is 156 Å². The monoisotopic (exact) mass is 593 g/mol. The van der Waals surface area contributed by atoms with Gasteiger partial charge in [0, 0.05) is 42.9 Å². The molecule has 9 aromatic rings. The maximum Gasteiger partial charge on any atom is 0.140 e. The molecule has 0 bridgehead atoms. The molecule has 0 saturated heterocycles. The molecule has 45 heavy (non-hydrogen) atoms. The summed E-state index contributed by atoms with van der Waals surface area (Å²) < 4.78 is 6.19. The number of aromatic nitrogens is 2. The Hall–Kier alpha value is -5.58. The summed E-state index contributed by atoms with van der Waals surface area (Å²) in [5.41, 5.74) is 9.87. The van der Waals surface area contributed by atoms with Crippen LogP contribution in [0.5, 0.6) is 0 Å². The topological polar surface area (TPSA) is 21.9 Å². The van der Waals surface area contributed by atoms with E-state index in [0.717, 1.165) is 0 Å². The van der Waals surface area contributed by atoms with Crippen LogP contribution in [0, 0.1) is 0 Å². The third-order valence-corrected chi connectivity index (χ3v) is 10.6. The van der Waals surface area contributed by atoms with Gasteiger partial charge >= 0.3 is 0 Å². The lowest BCUT2D eigenvalue weighted by molar-refractivity contribution is 0.569. The molecule has 1 unspecified atom stereocenters. The van der Waals surface area contributed by atoms with Gasteiger partial charge in [0.2, 0.25) is 0 Å². The molecule has 1 atom stereocenters. The van der Waals surface area contributed by atoms with Crippen LogP contribution >= 0.6 is 11.3 Å². The van der Waals surface area contributed by atoms with Crippen molar-refractivity contribution in [2.75, 3.05) is 0 Å². The predicted molar refractivity (Wildman–Crippen MR) is 191 cm³/mol. The number of para-hydroxylation sites is 3. The second kappa shape index (κ2) is 9.46. The molecule has 1 N–H and O–H groups in total. The molecular formula is C41H27N3S. The zero-order valence-corrected chi connectivity index (χ0v) is 25.1. The van der Waals surface area contributed by atoms with Crippen LogP contribution in [-0.2, 0) is 0 Å². The van der Waals surface area contributed by atoms with Crippen LogP contribution in [0.1, 0.15) is 16.6 Å². The molecule has 10 rings (SSSR count). The summed E-state index contributed by atoms with van der Waals surface area (Å²) >= 11 is 1.89. The number of rotatable bonds is 3. The Labute approximate surface area is 263 Å². The van der Waals surface area contributed by atoms with E-state index >= 15 is 0 Å². The summed E-state index contributed by atoms with van der Waals surface area (Å²) in [6, 6.07) is 50.9. The van der Waals surface area contributed by atoms with Crippen molar-refractivity contribution < 1.29 is 0 Å². The summed E-state index contributed by atoms with van der Waals surface area (Å²) in [7, 11) is 0. The zero-order valence-electron chi connectivity index (χ0n) is 24.3. The first-order valence-corrected chi connectivity index (χ1v) is 16.2. The SMILES string of the molecule is C1=Cc2c(sc3ccccc23)C(n2c3ccccc3c3cc(-c4ccc5c(c4)c4ccccc4n5-c4ccccc4)ccc32)N1. The fraction of sp³-hybridized carbons (Fsp3) is 0.0244. The van der Waals surface area contributed by atoms with Gasteiger partial charge in [-0.1, -0.05) is 84.9 Å². The molecule has 212 valence electrons. The van der Waals surface area contributed by atoms with Crippen LogP contribution in [0.2, 0.25) is 0 Å². The minimum Gasteiger partial charge on any atom is -0.367 e. The Morgan fingerprint density at radius 1 is 0.511 bits per heavy atom. The Bertz CT molecular complexity index is 2630. The summed E-state index contributed by atoms with van der Waals surface area (Å²) in [5, 5.41) is 10.1. The van der Waals surface area contributed by atoms with Gasteiger partial charge in [-0.2, -0.15) is 0 Å².